The van der Waals surface area contributed by atoms with Gasteiger partial charge in [-0.15, -0.1) is 24.9 Å². The molecule has 6 atom stereocenters. The van der Waals surface area contributed by atoms with E-state index in [0.717, 1.165) is 28.9 Å². The Morgan fingerprint density at radius 1 is 1.05 bits per heavy atom. The first-order valence-electron chi connectivity index (χ1n) is 14.3. The fraction of sp³-hybridized carbons (Fsp3) is 0.424. The number of thioether (sulfide) groups is 1. The number of hydrogen-bond acceptors (Lipinski definition) is 5. The minimum absolute atomic E-state index is 0.0672. The molecule has 2 aromatic carbocycles. The molecule has 2 aromatic rings. The van der Waals surface area contributed by atoms with E-state index in [0.29, 0.717) is 13.0 Å². The predicted molar refractivity (Wildman–Crippen MR) is 165 cm³/mol. The van der Waals surface area contributed by atoms with Crippen molar-refractivity contribution < 1.29 is 19.5 Å². The van der Waals surface area contributed by atoms with Crippen LogP contribution in [0.25, 0.3) is 0 Å². The average Bonchev–Trinajstić information content (AvgIpc) is 3.62. The van der Waals surface area contributed by atoms with Gasteiger partial charge in [-0.1, -0.05) is 48.6 Å². The maximum Gasteiger partial charge on any atom is 0.251 e. The Morgan fingerprint density at radius 2 is 1.68 bits per heavy atom. The molecule has 8 heteroatoms. The Hall–Kier alpha value is -3.36. The van der Waals surface area contributed by atoms with E-state index < -0.39 is 28.7 Å². The van der Waals surface area contributed by atoms with Crippen LogP contribution in [0.5, 0.6) is 0 Å². The second-order valence-electron chi connectivity index (χ2n) is 11.4. The molecule has 1 spiro atoms. The van der Waals surface area contributed by atoms with E-state index in [1.165, 1.54) is 0 Å². The van der Waals surface area contributed by atoms with Gasteiger partial charge in [-0.3, -0.25) is 14.4 Å². The van der Waals surface area contributed by atoms with Crippen LogP contribution in [0.1, 0.15) is 30.9 Å². The molecule has 2 unspecified atom stereocenters. The van der Waals surface area contributed by atoms with Crippen molar-refractivity contribution in [3.05, 3.63) is 85.0 Å². The molecule has 3 amide bonds. The lowest BCUT2D eigenvalue weighted by Crippen LogP contribution is -2.57. The van der Waals surface area contributed by atoms with E-state index in [9.17, 15) is 19.5 Å². The van der Waals surface area contributed by atoms with Gasteiger partial charge in [0.25, 0.3) is 5.91 Å². The normalized spacial score (nSPS) is 26.9. The van der Waals surface area contributed by atoms with E-state index in [1.807, 2.05) is 62.4 Å². The molecular weight excluding hydrogens is 534 g/mol. The summed E-state index contributed by atoms with van der Waals surface area (Å²) in [5, 5.41) is 10.2. The van der Waals surface area contributed by atoms with Gasteiger partial charge in [-0.05, 0) is 56.9 Å². The van der Waals surface area contributed by atoms with E-state index in [1.54, 1.807) is 45.5 Å². The van der Waals surface area contributed by atoms with Crippen LogP contribution in [0, 0.1) is 25.7 Å². The van der Waals surface area contributed by atoms with Crippen molar-refractivity contribution in [1.29, 1.82) is 0 Å². The monoisotopic (exact) mass is 573 g/mol. The van der Waals surface area contributed by atoms with Crippen LogP contribution in [0.3, 0.4) is 0 Å². The Labute approximate surface area is 246 Å². The zero-order chi connectivity index (χ0) is 29.5. The molecule has 41 heavy (non-hydrogen) atoms. The topological polar surface area (TPSA) is 81.2 Å². The van der Waals surface area contributed by atoms with Crippen molar-refractivity contribution >= 4 is 40.9 Å². The van der Waals surface area contributed by atoms with Gasteiger partial charge in [0.1, 0.15) is 6.04 Å². The summed E-state index contributed by atoms with van der Waals surface area (Å²) in [5.41, 5.74) is 3.48. The summed E-state index contributed by atoms with van der Waals surface area (Å²) in [6, 6.07) is 14.0. The van der Waals surface area contributed by atoms with Gasteiger partial charge in [-0.25, -0.2) is 0 Å². The second kappa shape index (κ2) is 11.5. The standard InChI is InChI=1S/C33H39N3O4S/c1-6-18-34(24-14-9-8-10-15-24)30(38)26-25-16-17-33(41-25)27(26)31(39)36(23(5)20-37)29(33)32(40)35(19-7-2)28-21(3)12-11-13-22(28)4/h6-15,23,25-27,29,37H,1-2,16-20H2,3-5H3/t23-,25+,26-,27+,29?,33?/m1/s1. The van der Waals surface area contributed by atoms with E-state index in [2.05, 4.69) is 13.2 Å². The van der Waals surface area contributed by atoms with Crippen molar-refractivity contribution in [2.24, 2.45) is 11.8 Å². The smallest absolute Gasteiger partial charge is 0.251 e. The van der Waals surface area contributed by atoms with Gasteiger partial charge in [-0.2, -0.15) is 0 Å². The lowest BCUT2D eigenvalue weighted by molar-refractivity contribution is -0.141. The van der Waals surface area contributed by atoms with Crippen molar-refractivity contribution in [3.63, 3.8) is 0 Å². The Bertz CT molecular complexity index is 1340. The number of nitrogens with zero attached hydrogens (tertiary/aromatic N) is 3. The van der Waals surface area contributed by atoms with Gasteiger partial charge in [0.2, 0.25) is 11.8 Å². The molecule has 3 aliphatic rings. The van der Waals surface area contributed by atoms with Crippen LogP contribution in [-0.2, 0) is 14.4 Å². The third kappa shape index (κ3) is 4.61. The summed E-state index contributed by atoms with van der Waals surface area (Å²) >= 11 is 1.64. The number of benzene rings is 2. The van der Waals surface area contributed by atoms with Crippen molar-refractivity contribution in [3.8, 4) is 0 Å². The van der Waals surface area contributed by atoms with Crippen molar-refractivity contribution in [2.45, 2.75) is 55.7 Å². The SMILES string of the molecule is C=CCN(C(=O)[C@@H]1[C@@H]2CCC3(S2)C(C(=O)N(CC=C)c2c(C)cccc2C)N([C@H](C)CO)C(=O)[C@H]13)c1ccccc1. The maximum atomic E-state index is 14.8. The summed E-state index contributed by atoms with van der Waals surface area (Å²) in [5.74, 6) is -1.74. The highest BCUT2D eigenvalue weighted by atomic mass is 32.2. The molecular formula is C33H39N3O4S. The van der Waals surface area contributed by atoms with Gasteiger partial charge in [0.15, 0.2) is 0 Å². The van der Waals surface area contributed by atoms with Crippen LogP contribution < -0.4 is 9.80 Å². The summed E-state index contributed by atoms with van der Waals surface area (Å²) in [6.07, 6.45) is 4.81. The number of carbonyl (C=O) groups is 3. The number of likely N-dealkylation sites (tertiary alicyclic amines) is 1. The average molecular weight is 574 g/mol. The van der Waals surface area contributed by atoms with Crippen LogP contribution >= 0.6 is 11.8 Å². The Balaban J connectivity index is 1.60. The second-order valence-corrected chi connectivity index (χ2v) is 13.0. The number of amides is 3. The summed E-state index contributed by atoms with van der Waals surface area (Å²) in [7, 11) is 0. The number of aliphatic hydroxyl groups is 1. The number of anilines is 2. The molecule has 216 valence electrons. The molecule has 0 aromatic heterocycles. The van der Waals surface area contributed by atoms with Crippen LogP contribution in [-0.4, -0.2) is 69.5 Å². The maximum absolute atomic E-state index is 14.8. The first-order chi connectivity index (χ1) is 19.7. The summed E-state index contributed by atoms with van der Waals surface area (Å²) in [4.78, 5) is 48.5. The van der Waals surface area contributed by atoms with Gasteiger partial charge in [0.05, 0.1) is 29.2 Å². The van der Waals surface area contributed by atoms with E-state index in [-0.39, 0.29) is 36.1 Å². The number of para-hydroxylation sites is 2. The fourth-order valence-corrected chi connectivity index (χ4v) is 9.45. The number of rotatable bonds is 10. The molecule has 3 fully saturated rings. The number of hydrogen-bond donors (Lipinski definition) is 1. The molecule has 0 radical (unpaired) electrons. The highest BCUT2D eigenvalue weighted by Gasteiger charge is 2.74. The van der Waals surface area contributed by atoms with Gasteiger partial charge < -0.3 is 19.8 Å². The predicted octanol–water partition coefficient (Wildman–Crippen LogP) is 4.51. The minimum atomic E-state index is -0.807. The van der Waals surface area contributed by atoms with Crippen LogP contribution in [0.2, 0.25) is 0 Å². The minimum Gasteiger partial charge on any atom is -0.394 e. The van der Waals surface area contributed by atoms with Gasteiger partial charge in [0, 0.05) is 29.7 Å². The third-order valence-electron chi connectivity index (χ3n) is 8.93. The zero-order valence-corrected chi connectivity index (χ0v) is 24.8. The third-order valence-corrected chi connectivity index (χ3v) is 10.9. The number of carbonyl (C=O) groups excluding carboxylic acids is 3. The molecule has 5 rings (SSSR count). The van der Waals surface area contributed by atoms with E-state index >= 15 is 0 Å². The lowest BCUT2D eigenvalue weighted by atomic mass is 9.70. The quantitative estimate of drug-likeness (QED) is 0.423. The van der Waals surface area contributed by atoms with Crippen molar-refractivity contribution in [2.75, 3.05) is 29.5 Å². The zero-order valence-electron chi connectivity index (χ0n) is 24.0. The fourth-order valence-electron chi connectivity index (χ4n) is 7.25. The van der Waals surface area contributed by atoms with Crippen molar-refractivity contribution in [1.82, 2.24) is 4.90 Å². The molecule has 1 N–H and O–H groups in total. The largest absolute Gasteiger partial charge is 0.394 e. The Morgan fingerprint density at radius 3 is 2.29 bits per heavy atom. The number of aryl methyl sites for hydroxylation is 2. The number of aliphatic hydroxyl groups excluding tert-OH is 1. The highest BCUT2D eigenvalue weighted by molar-refractivity contribution is 8.02. The summed E-state index contributed by atoms with van der Waals surface area (Å²) in [6.45, 7) is 13.8. The molecule has 3 heterocycles. The van der Waals surface area contributed by atoms with E-state index in [4.69, 9.17) is 0 Å². The molecule has 2 bridgehead atoms. The molecule has 3 saturated heterocycles. The highest BCUT2D eigenvalue weighted by Crippen LogP contribution is 2.67. The first-order valence-corrected chi connectivity index (χ1v) is 15.2. The molecule has 0 saturated carbocycles. The molecule has 0 aliphatic carbocycles. The molecule has 7 nitrogen and oxygen atoms in total. The van der Waals surface area contributed by atoms with Crippen LogP contribution in [0.4, 0.5) is 11.4 Å². The summed E-state index contributed by atoms with van der Waals surface area (Å²) < 4.78 is -0.755. The molecule has 3 aliphatic heterocycles. The number of fused-ring (bicyclic) bond motifs is 1. The lowest BCUT2D eigenvalue weighted by Gasteiger charge is -2.39. The first kappa shape index (κ1) is 29.1. The Kier molecular flexibility index (Phi) is 8.17. The van der Waals surface area contributed by atoms with Gasteiger partial charge >= 0.3 is 0 Å². The van der Waals surface area contributed by atoms with Crippen LogP contribution in [0.15, 0.2) is 73.8 Å².